The van der Waals surface area contributed by atoms with Crippen LogP contribution < -0.4 is 11.1 Å². The normalized spacial score (nSPS) is 11.7. The van der Waals surface area contributed by atoms with E-state index in [4.69, 9.17) is 10.5 Å². The average molecular weight is 291 g/mol. The minimum atomic E-state index is 0.502. The molecule has 0 spiro atoms. The predicted octanol–water partition coefficient (Wildman–Crippen LogP) is 3.35. The quantitative estimate of drug-likeness (QED) is 0.417. The van der Waals surface area contributed by atoms with E-state index in [1.165, 1.54) is 11.1 Å². The summed E-state index contributed by atoms with van der Waals surface area (Å²) < 4.78 is 5.30. The van der Waals surface area contributed by atoms with Gasteiger partial charge in [0, 0.05) is 25.4 Å². The van der Waals surface area contributed by atoms with Gasteiger partial charge in [-0.2, -0.15) is 0 Å². The summed E-state index contributed by atoms with van der Waals surface area (Å²) in [5, 5.41) is 3.28. The van der Waals surface area contributed by atoms with E-state index >= 15 is 0 Å². The van der Waals surface area contributed by atoms with Gasteiger partial charge >= 0.3 is 0 Å². The summed E-state index contributed by atoms with van der Waals surface area (Å²) >= 11 is 0. The maximum Gasteiger partial charge on any atom is 0.193 e. The largest absolute Gasteiger partial charge is 0.382 e. The number of para-hydroxylation sites is 1. The first-order valence-corrected chi connectivity index (χ1v) is 7.98. The van der Waals surface area contributed by atoms with Crippen LogP contribution in [0.1, 0.15) is 44.7 Å². The van der Waals surface area contributed by atoms with Crippen molar-refractivity contribution in [2.24, 2.45) is 10.7 Å². The summed E-state index contributed by atoms with van der Waals surface area (Å²) in [5.74, 6) is 0.502. The molecule has 0 fully saturated rings. The maximum absolute atomic E-state index is 6.00. The van der Waals surface area contributed by atoms with Gasteiger partial charge in [-0.05, 0) is 43.7 Å². The number of hydrogen-bond donors (Lipinski definition) is 2. The molecule has 0 saturated carbocycles. The van der Waals surface area contributed by atoms with Crippen molar-refractivity contribution in [2.75, 3.05) is 25.1 Å². The highest BCUT2D eigenvalue weighted by Crippen LogP contribution is 2.22. The van der Waals surface area contributed by atoms with Crippen LogP contribution in [-0.4, -0.2) is 25.7 Å². The molecule has 0 saturated heterocycles. The summed E-state index contributed by atoms with van der Waals surface area (Å²) in [5.41, 5.74) is 9.69. The van der Waals surface area contributed by atoms with Crippen molar-refractivity contribution in [1.82, 2.24) is 0 Å². The van der Waals surface area contributed by atoms with Crippen LogP contribution in [0.25, 0.3) is 0 Å². The molecule has 0 aromatic heterocycles. The molecule has 1 aromatic rings. The molecule has 0 aliphatic carbocycles. The number of aryl methyl sites for hydroxylation is 2. The average Bonchev–Trinajstić information content (AvgIpc) is 2.51. The number of anilines is 1. The van der Waals surface area contributed by atoms with Crippen molar-refractivity contribution >= 4 is 11.6 Å². The molecule has 1 rings (SSSR count). The van der Waals surface area contributed by atoms with Gasteiger partial charge in [-0.1, -0.05) is 32.0 Å². The summed E-state index contributed by atoms with van der Waals surface area (Å²) in [4.78, 5) is 4.40. The van der Waals surface area contributed by atoms with Crippen molar-refractivity contribution in [3.63, 3.8) is 0 Å². The zero-order chi connectivity index (χ0) is 15.5. The number of hydrogen-bond acceptors (Lipinski definition) is 2. The maximum atomic E-state index is 6.00. The zero-order valence-electron chi connectivity index (χ0n) is 13.6. The van der Waals surface area contributed by atoms with Crippen molar-refractivity contribution in [1.29, 1.82) is 0 Å². The Labute approximate surface area is 128 Å². The Hall–Kier alpha value is -1.55. The Balaban J connectivity index is 2.55. The van der Waals surface area contributed by atoms with Crippen molar-refractivity contribution in [3.05, 3.63) is 29.3 Å². The lowest BCUT2D eigenvalue weighted by molar-refractivity contribution is 0.144. The third kappa shape index (κ3) is 6.17. The van der Waals surface area contributed by atoms with Crippen LogP contribution in [0.3, 0.4) is 0 Å². The lowest BCUT2D eigenvalue weighted by Gasteiger charge is -2.14. The standard InChI is InChI=1S/C17H29N3O/c1-4-14-10-9-11-15(5-2)16(14)20-17(18)19-12-7-8-13-21-6-3/h9-11H,4-8,12-13H2,1-3H3,(H3,18,19,20). The number of benzene rings is 1. The fraction of sp³-hybridized carbons (Fsp3) is 0.588. The SMILES string of the molecule is CCOCCCCN=C(N)Nc1c(CC)cccc1CC. The van der Waals surface area contributed by atoms with E-state index < -0.39 is 0 Å². The van der Waals surface area contributed by atoms with Crippen LogP contribution in [0.15, 0.2) is 23.2 Å². The van der Waals surface area contributed by atoms with Gasteiger partial charge in [0.25, 0.3) is 0 Å². The highest BCUT2D eigenvalue weighted by atomic mass is 16.5. The number of unbranched alkanes of at least 4 members (excludes halogenated alkanes) is 1. The van der Waals surface area contributed by atoms with Gasteiger partial charge in [0.1, 0.15) is 0 Å². The van der Waals surface area contributed by atoms with Crippen molar-refractivity contribution in [3.8, 4) is 0 Å². The summed E-state index contributed by atoms with van der Waals surface area (Å²) in [7, 11) is 0. The lowest BCUT2D eigenvalue weighted by Crippen LogP contribution is -2.24. The Kier molecular flexibility index (Phi) is 8.51. The van der Waals surface area contributed by atoms with Gasteiger partial charge in [0.2, 0.25) is 0 Å². The van der Waals surface area contributed by atoms with Gasteiger partial charge in [0.15, 0.2) is 5.96 Å². The second kappa shape index (κ2) is 10.2. The molecule has 118 valence electrons. The topological polar surface area (TPSA) is 59.6 Å². The smallest absolute Gasteiger partial charge is 0.193 e. The number of nitrogens with two attached hydrogens (primary N) is 1. The number of nitrogens with zero attached hydrogens (tertiary/aromatic N) is 1. The van der Waals surface area contributed by atoms with E-state index in [-0.39, 0.29) is 0 Å². The first-order valence-electron chi connectivity index (χ1n) is 7.98. The van der Waals surface area contributed by atoms with Crippen LogP contribution in [0, 0.1) is 0 Å². The Morgan fingerprint density at radius 2 is 1.81 bits per heavy atom. The zero-order valence-corrected chi connectivity index (χ0v) is 13.6. The van der Waals surface area contributed by atoms with Gasteiger partial charge < -0.3 is 15.8 Å². The molecule has 3 N–H and O–H groups in total. The summed E-state index contributed by atoms with van der Waals surface area (Å²) in [6, 6.07) is 6.37. The van der Waals surface area contributed by atoms with Gasteiger partial charge in [-0.15, -0.1) is 0 Å². The first kappa shape index (κ1) is 17.5. The minimum absolute atomic E-state index is 0.502. The molecule has 0 amide bonds. The van der Waals surface area contributed by atoms with E-state index in [9.17, 15) is 0 Å². The predicted molar refractivity (Wildman–Crippen MR) is 91.0 cm³/mol. The van der Waals surface area contributed by atoms with Crippen LogP contribution in [-0.2, 0) is 17.6 Å². The van der Waals surface area contributed by atoms with Crippen LogP contribution in [0.5, 0.6) is 0 Å². The fourth-order valence-electron chi connectivity index (χ4n) is 2.23. The Morgan fingerprint density at radius 3 is 2.38 bits per heavy atom. The molecule has 0 unspecified atom stereocenters. The fourth-order valence-corrected chi connectivity index (χ4v) is 2.23. The Bertz CT molecular complexity index is 421. The van der Waals surface area contributed by atoms with E-state index in [0.717, 1.165) is 51.1 Å². The molecule has 0 aliphatic rings. The van der Waals surface area contributed by atoms with E-state index in [0.29, 0.717) is 5.96 Å². The monoisotopic (exact) mass is 291 g/mol. The molecule has 4 heteroatoms. The minimum Gasteiger partial charge on any atom is -0.382 e. The van der Waals surface area contributed by atoms with Crippen molar-refractivity contribution in [2.45, 2.75) is 46.5 Å². The number of aliphatic imine (C=N–C) groups is 1. The van der Waals surface area contributed by atoms with Crippen LogP contribution in [0.4, 0.5) is 5.69 Å². The number of rotatable bonds is 9. The molecule has 4 nitrogen and oxygen atoms in total. The van der Waals surface area contributed by atoms with Gasteiger partial charge in [0.05, 0.1) is 0 Å². The number of guanidine groups is 1. The number of nitrogens with one attached hydrogen (secondary N) is 1. The van der Waals surface area contributed by atoms with E-state index in [2.05, 4.69) is 42.4 Å². The molecule has 0 atom stereocenters. The van der Waals surface area contributed by atoms with E-state index in [1.54, 1.807) is 0 Å². The van der Waals surface area contributed by atoms with Crippen LogP contribution in [0.2, 0.25) is 0 Å². The molecule has 0 radical (unpaired) electrons. The number of ether oxygens (including phenoxy) is 1. The molecule has 21 heavy (non-hydrogen) atoms. The van der Waals surface area contributed by atoms with Gasteiger partial charge in [-0.25, -0.2) is 0 Å². The van der Waals surface area contributed by atoms with Gasteiger partial charge in [-0.3, -0.25) is 4.99 Å². The third-order valence-electron chi connectivity index (χ3n) is 3.43. The molecular weight excluding hydrogens is 262 g/mol. The lowest BCUT2D eigenvalue weighted by atomic mass is 10.0. The van der Waals surface area contributed by atoms with E-state index in [1.807, 2.05) is 6.92 Å². The molecule has 1 aromatic carbocycles. The van der Waals surface area contributed by atoms with Crippen LogP contribution >= 0.6 is 0 Å². The molecule has 0 heterocycles. The molecule has 0 bridgehead atoms. The first-order chi connectivity index (χ1) is 10.2. The second-order valence-electron chi connectivity index (χ2n) is 4.95. The second-order valence-corrected chi connectivity index (χ2v) is 4.95. The summed E-state index contributed by atoms with van der Waals surface area (Å²) in [6.07, 6.45) is 3.99. The Morgan fingerprint density at radius 1 is 1.14 bits per heavy atom. The summed E-state index contributed by atoms with van der Waals surface area (Å²) in [6.45, 7) is 8.64. The van der Waals surface area contributed by atoms with Crippen molar-refractivity contribution < 1.29 is 4.74 Å². The third-order valence-corrected chi connectivity index (χ3v) is 3.43. The molecular formula is C17H29N3O. The highest BCUT2D eigenvalue weighted by Gasteiger charge is 2.06. The molecule has 0 aliphatic heterocycles. The highest BCUT2D eigenvalue weighted by molar-refractivity contribution is 5.93.